The number of rotatable bonds is 3. The maximum Gasteiger partial charge on any atom is 0.283 e. The summed E-state index contributed by atoms with van der Waals surface area (Å²) in [5.74, 6) is 0. The number of amidine groups is 1. The van der Waals surface area contributed by atoms with Gasteiger partial charge in [-0.15, -0.1) is 0 Å². The van der Waals surface area contributed by atoms with Gasteiger partial charge in [0.05, 0.1) is 0 Å². The predicted octanol–water partition coefficient (Wildman–Crippen LogP) is 2.47. The van der Waals surface area contributed by atoms with Gasteiger partial charge in [-0.3, -0.25) is 0 Å². The van der Waals surface area contributed by atoms with Crippen molar-refractivity contribution in [3.05, 3.63) is 71.8 Å². The third-order valence-electron chi connectivity index (χ3n) is 3.43. The van der Waals surface area contributed by atoms with Crippen molar-refractivity contribution in [3.63, 3.8) is 0 Å². The van der Waals surface area contributed by atoms with E-state index in [1.807, 2.05) is 36.4 Å². The molecular weight excluding hydrogens is 236 g/mol. The molecule has 2 N–H and O–H groups in total. The summed E-state index contributed by atoms with van der Waals surface area (Å²) in [5.41, 5.74) is 7.70. The summed E-state index contributed by atoms with van der Waals surface area (Å²) >= 11 is 0. The molecule has 0 spiro atoms. The second kappa shape index (κ2) is 4.76. The lowest BCUT2D eigenvalue weighted by atomic mass is 9.85. The van der Waals surface area contributed by atoms with Crippen LogP contribution in [0.1, 0.15) is 11.1 Å². The first kappa shape index (κ1) is 11.8. The van der Waals surface area contributed by atoms with Crippen LogP contribution in [-0.4, -0.2) is 12.6 Å². The minimum Gasteiger partial charge on any atom is -0.462 e. The molecule has 3 nitrogen and oxygen atoms in total. The van der Waals surface area contributed by atoms with E-state index in [1.165, 1.54) is 5.56 Å². The van der Waals surface area contributed by atoms with E-state index in [-0.39, 0.29) is 6.02 Å². The second-order valence-electron chi connectivity index (χ2n) is 4.80. The van der Waals surface area contributed by atoms with Gasteiger partial charge >= 0.3 is 0 Å². The van der Waals surface area contributed by atoms with Crippen LogP contribution in [0.3, 0.4) is 0 Å². The van der Waals surface area contributed by atoms with Gasteiger partial charge in [0, 0.05) is 6.42 Å². The minimum atomic E-state index is -0.396. The van der Waals surface area contributed by atoms with Gasteiger partial charge in [0.2, 0.25) is 0 Å². The maximum absolute atomic E-state index is 5.73. The van der Waals surface area contributed by atoms with E-state index in [0.29, 0.717) is 6.61 Å². The molecule has 96 valence electrons. The molecule has 0 bridgehead atoms. The molecule has 0 saturated carbocycles. The molecule has 3 rings (SSSR count). The highest BCUT2D eigenvalue weighted by atomic mass is 16.5. The van der Waals surface area contributed by atoms with Crippen LogP contribution >= 0.6 is 0 Å². The van der Waals surface area contributed by atoms with Crippen LogP contribution in [0.25, 0.3) is 0 Å². The van der Waals surface area contributed by atoms with Crippen LogP contribution in [0.5, 0.6) is 0 Å². The zero-order valence-electron chi connectivity index (χ0n) is 10.6. The first-order valence-electron chi connectivity index (χ1n) is 6.36. The molecule has 0 radical (unpaired) electrons. The molecule has 0 amide bonds. The molecule has 3 heteroatoms. The number of hydrogen-bond acceptors (Lipinski definition) is 3. The Balaban J connectivity index is 1.99. The molecule has 19 heavy (non-hydrogen) atoms. The summed E-state index contributed by atoms with van der Waals surface area (Å²) < 4.78 is 5.42. The first-order chi connectivity index (χ1) is 9.28. The summed E-state index contributed by atoms with van der Waals surface area (Å²) in [6.07, 6.45) is 0.790. The number of aliphatic imine (C=N–C) groups is 1. The number of ether oxygens (including phenoxy) is 1. The van der Waals surface area contributed by atoms with Crippen LogP contribution in [0, 0.1) is 0 Å². The van der Waals surface area contributed by atoms with Crippen LogP contribution < -0.4 is 5.73 Å². The van der Waals surface area contributed by atoms with Gasteiger partial charge in [-0.05, 0) is 11.1 Å². The third-order valence-corrected chi connectivity index (χ3v) is 3.43. The molecule has 2 aromatic carbocycles. The standard InChI is InChI=1S/C16H16N2O/c17-15-18-16(12-19-15,14-9-5-2-6-10-14)11-13-7-3-1-4-8-13/h1-10H,11-12H2,(H2,17,18). The van der Waals surface area contributed by atoms with Crippen LogP contribution in [-0.2, 0) is 16.7 Å². The van der Waals surface area contributed by atoms with Gasteiger partial charge < -0.3 is 10.5 Å². The van der Waals surface area contributed by atoms with Crippen molar-refractivity contribution in [1.29, 1.82) is 0 Å². The number of nitrogens with zero attached hydrogens (tertiary/aromatic N) is 1. The molecular formula is C16H16N2O. The van der Waals surface area contributed by atoms with E-state index in [0.717, 1.165) is 12.0 Å². The smallest absolute Gasteiger partial charge is 0.283 e. The Hall–Kier alpha value is -2.29. The molecule has 1 aliphatic heterocycles. The molecule has 0 aliphatic carbocycles. The zero-order chi connectivity index (χ0) is 13.1. The summed E-state index contributed by atoms with van der Waals surface area (Å²) in [4.78, 5) is 4.56. The van der Waals surface area contributed by atoms with Gasteiger partial charge in [-0.1, -0.05) is 60.7 Å². The van der Waals surface area contributed by atoms with Gasteiger partial charge in [-0.25, -0.2) is 4.99 Å². The van der Waals surface area contributed by atoms with Crippen LogP contribution in [0.4, 0.5) is 0 Å². The lowest BCUT2D eigenvalue weighted by molar-refractivity contribution is 0.252. The Morgan fingerprint density at radius 3 is 2.21 bits per heavy atom. The first-order valence-corrected chi connectivity index (χ1v) is 6.36. The van der Waals surface area contributed by atoms with Gasteiger partial charge in [0.25, 0.3) is 6.02 Å². The molecule has 1 heterocycles. The fourth-order valence-electron chi connectivity index (χ4n) is 2.49. The van der Waals surface area contributed by atoms with Crippen molar-refractivity contribution in [2.24, 2.45) is 10.7 Å². The van der Waals surface area contributed by atoms with Gasteiger partial charge in [0.1, 0.15) is 12.1 Å². The quantitative estimate of drug-likeness (QED) is 0.912. The van der Waals surface area contributed by atoms with E-state index in [4.69, 9.17) is 10.5 Å². The molecule has 1 aliphatic rings. The lowest BCUT2D eigenvalue weighted by Crippen LogP contribution is -2.28. The largest absolute Gasteiger partial charge is 0.462 e. The van der Waals surface area contributed by atoms with E-state index >= 15 is 0 Å². The number of benzene rings is 2. The summed E-state index contributed by atoms with van der Waals surface area (Å²) in [5, 5.41) is 0. The molecule has 2 aromatic rings. The van der Waals surface area contributed by atoms with Crippen molar-refractivity contribution in [2.45, 2.75) is 12.0 Å². The molecule has 1 atom stereocenters. The average Bonchev–Trinajstić information content (AvgIpc) is 2.83. The zero-order valence-corrected chi connectivity index (χ0v) is 10.6. The van der Waals surface area contributed by atoms with E-state index in [2.05, 4.69) is 29.3 Å². The van der Waals surface area contributed by atoms with Crippen LogP contribution in [0.2, 0.25) is 0 Å². The van der Waals surface area contributed by atoms with E-state index in [9.17, 15) is 0 Å². The highest BCUT2D eigenvalue weighted by molar-refractivity contribution is 5.74. The summed E-state index contributed by atoms with van der Waals surface area (Å²) in [6.45, 7) is 0.498. The SMILES string of the molecule is NC1=NC(Cc2ccccc2)(c2ccccc2)CO1. The fraction of sp³-hybridized carbons (Fsp3) is 0.188. The van der Waals surface area contributed by atoms with E-state index < -0.39 is 5.54 Å². The lowest BCUT2D eigenvalue weighted by Gasteiger charge is -2.24. The minimum absolute atomic E-state index is 0.278. The average molecular weight is 252 g/mol. The third kappa shape index (κ3) is 2.32. The Morgan fingerprint density at radius 2 is 1.63 bits per heavy atom. The molecule has 0 fully saturated rings. The highest BCUT2D eigenvalue weighted by Crippen LogP contribution is 2.33. The fourth-order valence-corrected chi connectivity index (χ4v) is 2.49. The van der Waals surface area contributed by atoms with Crippen molar-refractivity contribution in [2.75, 3.05) is 6.61 Å². The monoisotopic (exact) mass is 252 g/mol. The Bertz CT molecular complexity index is 580. The number of hydrogen-bond donors (Lipinski definition) is 1. The van der Waals surface area contributed by atoms with Gasteiger partial charge in [0.15, 0.2) is 0 Å². The van der Waals surface area contributed by atoms with E-state index in [1.54, 1.807) is 0 Å². The van der Waals surface area contributed by atoms with Gasteiger partial charge in [-0.2, -0.15) is 0 Å². The predicted molar refractivity (Wildman–Crippen MR) is 75.8 cm³/mol. The normalized spacial score (nSPS) is 21.8. The highest BCUT2D eigenvalue weighted by Gasteiger charge is 2.37. The van der Waals surface area contributed by atoms with Crippen molar-refractivity contribution < 1.29 is 4.74 Å². The topological polar surface area (TPSA) is 47.6 Å². The molecule has 0 aromatic heterocycles. The maximum atomic E-state index is 5.73. The van der Waals surface area contributed by atoms with Crippen molar-refractivity contribution >= 4 is 6.02 Å². The number of nitrogens with two attached hydrogens (primary N) is 1. The Kier molecular flexibility index (Phi) is 2.95. The van der Waals surface area contributed by atoms with Crippen molar-refractivity contribution in [3.8, 4) is 0 Å². The van der Waals surface area contributed by atoms with Crippen molar-refractivity contribution in [1.82, 2.24) is 0 Å². The Labute approximate surface area is 112 Å². The summed E-state index contributed by atoms with van der Waals surface area (Å²) in [7, 11) is 0. The molecule has 1 unspecified atom stereocenters. The second-order valence-corrected chi connectivity index (χ2v) is 4.80. The molecule has 0 saturated heterocycles. The summed E-state index contributed by atoms with van der Waals surface area (Å²) in [6, 6.07) is 20.8. The van der Waals surface area contributed by atoms with Crippen LogP contribution in [0.15, 0.2) is 65.7 Å². The Morgan fingerprint density at radius 1 is 1.00 bits per heavy atom.